The fourth-order valence-corrected chi connectivity index (χ4v) is 3.33. The molecule has 1 aromatic carbocycles. The van der Waals surface area contributed by atoms with Crippen LogP contribution in [0.2, 0.25) is 10.2 Å². The van der Waals surface area contributed by atoms with Gasteiger partial charge in [0.25, 0.3) is 0 Å². The van der Waals surface area contributed by atoms with Crippen molar-refractivity contribution < 1.29 is 0 Å². The predicted octanol–water partition coefficient (Wildman–Crippen LogP) is 5.79. The van der Waals surface area contributed by atoms with Crippen LogP contribution in [0.1, 0.15) is 25.3 Å². The Labute approximate surface area is 131 Å². The van der Waals surface area contributed by atoms with Gasteiger partial charge < -0.3 is 0 Å². The van der Waals surface area contributed by atoms with Crippen LogP contribution < -0.4 is 0 Å². The molecule has 0 unspecified atom stereocenters. The van der Waals surface area contributed by atoms with Gasteiger partial charge in [0.1, 0.15) is 5.15 Å². The van der Waals surface area contributed by atoms with E-state index in [-0.39, 0.29) is 0 Å². The first-order valence-corrected chi connectivity index (χ1v) is 7.90. The van der Waals surface area contributed by atoms with Crippen molar-refractivity contribution in [2.45, 2.75) is 19.8 Å². The molecule has 0 aliphatic carbocycles. The molecular weight excluding hydrogens is 311 g/mol. The molecule has 5 heteroatoms. The van der Waals surface area contributed by atoms with E-state index in [1.807, 2.05) is 17.5 Å². The third kappa shape index (κ3) is 2.41. The predicted molar refractivity (Wildman–Crippen MR) is 87.0 cm³/mol. The quantitative estimate of drug-likeness (QED) is 0.558. The standard InChI is InChI=1S/C15H12Cl2N2S/c1-8(2)9-3-4-12-10(7-9)14(17)19-15(18-12)13-11(16)5-6-20-13/h3-8H,1-2H3. The molecule has 2 nitrogen and oxygen atoms in total. The lowest BCUT2D eigenvalue weighted by molar-refractivity contribution is 0.868. The van der Waals surface area contributed by atoms with Crippen molar-refractivity contribution in [3.63, 3.8) is 0 Å². The third-order valence-corrected chi connectivity index (χ3v) is 4.79. The first-order chi connectivity index (χ1) is 9.56. The van der Waals surface area contributed by atoms with E-state index in [1.54, 1.807) is 0 Å². The van der Waals surface area contributed by atoms with Crippen molar-refractivity contribution in [2.75, 3.05) is 0 Å². The molecule has 2 heterocycles. The number of benzene rings is 1. The summed E-state index contributed by atoms with van der Waals surface area (Å²) in [7, 11) is 0. The van der Waals surface area contributed by atoms with Crippen LogP contribution in [0.25, 0.3) is 21.6 Å². The molecule has 0 saturated heterocycles. The molecule has 0 aliphatic rings. The van der Waals surface area contributed by atoms with Gasteiger partial charge in [-0.3, -0.25) is 0 Å². The Morgan fingerprint density at radius 3 is 2.55 bits per heavy atom. The highest BCUT2D eigenvalue weighted by molar-refractivity contribution is 7.14. The van der Waals surface area contributed by atoms with Gasteiger partial charge in [0.15, 0.2) is 5.82 Å². The zero-order chi connectivity index (χ0) is 14.3. The van der Waals surface area contributed by atoms with E-state index in [0.29, 0.717) is 21.9 Å². The SMILES string of the molecule is CC(C)c1ccc2nc(-c3sccc3Cl)nc(Cl)c2c1. The summed E-state index contributed by atoms with van der Waals surface area (Å²) in [6.07, 6.45) is 0. The molecule has 3 aromatic rings. The summed E-state index contributed by atoms with van der Waals surface area (Å²) >= 11 is 14.0. The summed E-state index contributed by atoms with van der Waals surface area (Å²) in [6, 6.07) is 7.96. The highest BCUT2D eigenvalue weighted by Gasteiger charge is 2.13. The average molecular weight is 323 g/mol. The molecule has 3 rings (SSSR count). The fraction of sp³-hybridized carbons (Fsp3) is 0.200. The molecule has 0 saturated carbocycles. The van der Waals surface area contributed by atoms with Crippen LogP contribution in [0.5, 0.6) is 0 Å². The Balaban J connectivity index is 2.21. The summed E-state index contributed by atoms with van der Waals surface area (Å²) in [5, 5.41) is 3.93. The Kier molecular flexibility index (Phi) is 3.67. The molecule has 0 N–H and O–H groups in total. The smallest absolute Gasteiger partial charge is 0.173 e. The van der Waals surface area contributed by atoms with E-state index in [2.05, 4.69) is 35.9 Å². The lowest BCUT2D eigenvalue weighted by Gasteiger charge is -2.08. The van der Waals surface area contributed by atoms with Crippen molar-refractivity contribution in [2.24, 2.45) is 0 Å². The van der Waals surface area contributed by atoms with Crippen molar-refractivity contribution in [1.82, 2.24) is 9.97 Å². The number of thiophene rings is 1. The molecule has 0 fully saturated rings. The highest BCUT2D eigenvalue weighted by atomic mass is 35.5. The molecule has 0 atom stereocenters. The number of halogens is 2. The summed E-state index contributed by atoms with van der Waals surface area (Å²) in [6.45, 7) is 4.30. The average Bonchev–Trinajstić information content (AvgIpc) is 2.84. The lowest BCUT2D eigenvalue weighted by atomic mass is 10.0. The van der Waals surface area contributed by atoms with Gasteiger partial charge in [-0.05, 0) is 35.1 Å². The van der Waals surface area contributed by atoms with Crippen LogP contribution in [0.4, 0.5) is 0 Å². The summed E-state index contributed by atoms with van der Waals surface area (Å²) in [5.74, 6) is 1.03. The van der Waals surface area contributed by atoms with Crippen LogP contribution >= 0.6 is 34.5 Å². The van der Waals surface area contributed by atoms with Gasteiger partial charge in [0.2, 0.25) is 0 Å². The van der Waals surface area contributed by atoms with Gasteiger partial charge in [0, 0.05) is 5.39 Å². The molecule has 0 aliphatic heterocycles. The number of hydrogen-bond acceptors (Lipinski definition) is 3. The Morgan fingerprint density at radius 1 is 1.10 bits per heavy atom. The maximum atomic E-state index is 6.32. The van der Waals surface area contributed by atoms with E-state index in [4.69, 9.17) is 23.2 Å². The summed E-state index contributed by atoms with van der Waals surface area (Å²) < 4.78 is 0. The van der Waals surface area contributed by atoms with Crippen LogP contribution in [0.15, 0.2) is 29.6 Å². The zero-order valence-electron chi connectivity index (χ0n) is 11.0. The second-order valence-electron chi connectivity index (χ2n) is 4.87. The normalized spacial score (nSPS) is 11.4. The van der Waals surface area contributed by atoms with Crippen LogP contribution in [0, 0.1) is 0 Å². The van der Waals surface area contributed by atoms with Gasteiger partial charge >= 0.3 is 0 Å². The second-order valence-corrected chi connectivity index (χ2v) is 6.55. The van der Waals surface area contributed by atoms with E-state index < -0.39 is 0 Å². The van der Waals surface area contributed by atoms with Crippen molar-refractivity contribution in [3.05, 3.63) is 45.4 Å². The largest absolute Gasteiger partial charge is 0.227 e. The molecule has 0 amide bonds. The van der Waals surface area contributed by atoms with Crippen molar-refractivity contribution in [3.8, 4) is 10.7 Å². The molecule has 0 spiro atoms. The van der Waals surface area contributed by atoms with Crippen LogP contribution in [-0.4, -0.2) is 9.97 Å². The maximum absolute atomic E-state index is 6.32. The first kappa shape index (κ1) is 13.8. The summed E-state index contributed by atoms with van der Waals surface area (Å²) in [5.41, 5.74) is 2.07. The maximum Gasteiger partial charge on any atom is 0.173 e. The van der Waals surface area contributed by atoms with Gasteiger partial charge in [0.05, 0.1) is 15.4 Å². The van der Waals surface area contributed by atoms with E-state index in [9.17, 15) is 0 Å². The van der Waals surface area contributed by atoms with Gasteiger partial charge in [-0.2, -0.15) is 0 Å². The zero-order valence-corrected chi connectivity index (χ0v) is 13.4. The van der Waals surface area contributed by atoms with Crippen LogP contribution in [0.3, 0.4) is 0 Å². The number of fused-ring (bicyclic) bond motifs is 1. The molecule has 20 heavy (non-hydrogen) atoms. The van der Waals surface area contributed by atoms with E-state index in [1.165, 1.54) is 16.9 Å². The third-order valence-electron chi connectivity index (χ3n) is 3.16. The Bertz CT molecular complexity index is 781. The van der Waals surface area contributed by atoms with Crippen LogP contribution in [-0.2, 0) is 0 Å². The minimum atomic E-state index is 0.446. The molecule has 102 valence electrons. The number of hydrogen-bond donors (Lipinski definition) is 0. The molecule has 0 bridgehead atoms. The Morgan fingerprint density at radius 2 is 1.90 bits per heavy atom. The van der Waals surface area contributed by atoms with Crippen molar-refractivity contribution >= 4 is 45.4 Å². The van der Waals surface area contributed by atoms with E-state index in [0.717, 1.165) is 15.8 Å². The van der Waals surface area contributed by atoms with Gasteiger partial charge in [-0.25, -0.2) is 9.97 Å². The van der Waals surface area contributed by atoms with Crippen molar-refractivity contribution in [1.29, 1.82) is 0 Å². The minimum absolute atomic E-state index is 0.446. The minimum Gasteiger partial charge on any atom is -0.227 e. The molecular formula is C15H12Cl2N2S. The topological polar surface area (TPSA) is 25.8 Å². The van der Waals surface area contributed by atoms with E-state index >= 15 is 0 Å². The first-order valence-electron chi connectivity index (χ1n) is 6.27. The highest BCUT2D eigenvalue weighted by Crippen LogP contribution is 2.33. The fourth-order valence-electron chi connectivity index (χ4n) is 2.02. The van der Waals surface area contributed by atoms with Gasteiger partial charge in [-0.15, -0.1) is 11.3 Å². The monoisotopic (exact) mass is 322 g/mol. The lowest BCUT2D eigenvalue weighted by Crippen LogP contribution is -1.93. The van der Waals surface area contributed by atoms with Gasteiger partial charge in [-0.1, -0.05) is 43.1 Å². The Hall–Kier alpha value is -1.16. The molecule has 2 aromatic heterocycles. The number of rotatable bonds is 2. The second kappa shape index (κ2) is 5.32. The summed E-state index contributed by atoms with van der Waals surface area (Å²) in [4.78, 5) is 9.81. The number of nitrogens with zero attached hydrogens (tertiary/aromatic N) is 2. The number of aromatic nitrogens is 2. The molecule has 0 radical (unpaired) electrons.